The van der Waals surface area contributed by atoms with Gasteiger partial charge < -0.3 is 20.1 Å². The lowest BCUT2D eigenvalue weighted by atomic mass is 9.99. The van der Waals surface area contributed by atoms with Crippen LogP contribution in [0.25, 0.3) is 0 Å². The Morgan fingerprint density at radius 1 is 1.50 bits per heavy atom. The zero-order valence-corrected chi connectivity index (χ0v) is 9.61. The lowest BCUT2D eigenvalue weighted by Gasteiger charge is -2.24. The number of hydrogen-bond acceptors (Lipinski definition) is 6. The molecule has 18 heavy (non-hydrogen) atoms. The average Bonchev–Trinajstić information content (AvgIpc) is 2.55. The van der Waals surface area contributed by atoms with Crippen LogP contribution < -0.4 is 11.2 Å². The fourth-order valence-electron chi connectivity index (χ4n) is 1.91. The molecule has 4 atom stereocenters. The van der Waals surface area contributed by atoms with Gasteiger partial charge in [0.25, 0.3) is 5.56 Å². The van der Waals surface area contributed by atoms with Crippen LogP contribution in [-0.2, 0) is 4.74 Å². The van der Waals surface area contributed by atoms with Crippen LogP contribution in [0.15, 0.2) is 21.9 Å². The summed E-state index contributed by atoms with van der Waals surface area (Å²) < 4.78 is 6.27. The molecule has 2 rings (SSSR count). The van der Waals surface area contributed by atoms with Crippen LogP contribution >= 0.6 is 0 Å². The molecule has 2 heterocycles. The maximum Gasteiger partial charge on any atom is 0.330 e. The lowest BCUT2D eigenvalue weighted by molar-refractivity contribution is -0.117. The number of hydrogen-bond donors (Lipinski definition) is 4. The highest BCUT2D eigenvalue weighted by atomic mass is 16.6. The summed E-state index contributed by atoms with van der Waals surface area (Å²) in [6.45, 7) is 0.900. The van der Waals surface area contributed by atoms with Gasteiger partial charge in [-0.3, -0.25) is 14.3 Å². The molecule has 4 N–H and O–H groups in total. The van der Waals surface area contributed by atoms with Crippen LogP contribution in [0.4, 0.5) is 0 Å². The number of rotatable bonds is 2. The van der Waals surface area contributed by atoms with Gasteiger partial charge in [0.1, 0.15) is 17.8 Å². The molecule has 1 fully saturated rings. The van der Waals surface area contributed by atoms with Crippen molar-refractivity contribution in [2.45, 2.75) is 31.0 Å². The number of ether oxygens (including phenoxy) is 1. The molecule has 0 amide bonds. The Kier molecular flexibility index (Phi) is 3.11. The first-order valence-corrected chi connectivity index (χ1v) is 5.35. The van der Waals surface area contributed by atoms with Crippen molar-refractivity contribution < 1.29 is 20.1 Å². The molecule has 0 spiro atoms. The van der Waals surface area contributed by atoms with Crippen molar-refractivity contribution >= 4 is 0 Å². The van der Waals surface area contributed by atoms with Gasteiger partial charge in [-0.25, -0.2) is 4.79 Å². The van der Waals surface area contributed by atoms with Crippen LogP contribution in [0.5, 0.6) is 0 Å². The average molecular weight is 258 g/mol. The highest BCUT2D eigenvalue weighted by Crippen LogP contribution is 2.35. The molecule has 1 aliphatic rings. The molecule has 0 aromatic carbocycles. The first kappa shape index (κ1) is 13.0. The van der Waals surface area contributed by atoms with Gasteiger partial charge >= 0.3 is 5.69 Å². The number of nitrogens with zero attached hydrogens (tertiary/aromatic N) is 1. The van der Waals surface area contributed by atoms with E-state index in [9.17, 15) is 19.8 Å². The Bertz CT molecular complexity index is 552. The van der Waals surface area contributed by atoms with E-state index in [1.807, 2.05) is 4.98 Å². The second kappa shape index (κ2) is 4.32. The van der Waals surface area contributed by atoms with Crippen LogP contribution in [0, 0.1) is 0 Å². The standard InChI is InChI=1S/C10H14N2O6/c1-10(4-13)7(16)6(15)8(18-10)12-3-2-5(14)11-9(12)17/h2-3,6-8,13,15-16H,4H2,1H3,(H,11,14,17)/t6-,7-,8+,10+/m0/s1. The summed E-state index contributed by atoms with van der Waals surface area (Å²) in [5.41, 5.74) is -2.70. The second-order valence-electron chi connectivity index (χ2n) is 4.43. The summed E-state index contributed by atoms with van der Waals surface area (Å²) >= 11 is 0. The molecular formula is C10H14N2O6. The van der Waals surface area contributed by atoms with E-state index in [1.165, 1.54) is 6.92 Å². The number of H-pyrrole nitrogens is 1. The van der Waals surface area contributed by atoms with Crippen molar-refractivity contribution in [2.24, 2.45) is 0 Å². The van der Waals surface area contributed by atoms with Crippen molar-refractivity contribution in [1.29, 1.82) is 0 Å². The maximum atomic E-state index is 11.6. The molecule has 8 nitrogen and oxygen atoms in total. The molecule has 0 bridgehead atoms. The molecule has 0 unspecified atom stereocenters. The number of aliphatic hydroxyl groups is 3. The molecule has 1 saturated heterocycles. The van der Waals surface area contributed by atoms with Gasteiger partial charge in [-0.15, -0.1) is 0 Å². The summed E-state index contributed by atoms with van der Waals surface area (Å²) in [6.07, 6.45) is -2.73. The lowest BCUT2D eigenvalue weighted by Crippen LogP contribution is -2.43. The van der Waals surface area contributed by atoms with E-state index in [0.717, 1.165) is 16.8 Å². The van der Waals surface area contributed by atoms with E-state index in [1.54, 1.807) is 0 Å². The normalized spacial score (nSPS) is 35.9. The Balaban J connectivity index is 2.41. The molecule has 100 valence electrons. The quantitative estimate of drug-likeness (QED) is 0.466. The van der Waals surface area contributed by atoms with Crippen molar-refractivity contribution in [3.8, 4) is 0 Å². The van der Waals surface area contributed by atoms with Crippen LogP contribution in [-0.4, -0.2) is 49.3 Å². The number of nitrogens with one attached hydrogen (secondary N) is 1. The van der Waals surface area contributed by atoms with Crippen molar-refractivity contribution in [2.75, 3.05) is 6.61 Å². The number of aromatic nitrogens is 2. The van der Waals surface area contributed by atoms with Gasteiger partial charge in [0.15, 0.2) is 6.23 Å². The Labute approximate surface area is 101 Å². The minimum atomic E-state index is -1.38. The summed E-state index contributed by atoms with van der Waals surface area (Å²) in [5.74, 6) is 0. The Morgan fingerprint density at radius 2 is 2.17 bits per heavy atom. The smallest absolute Gasteiger partial charge is 0.330 e. The Hall–Kier alpha value is -1.48. The van der Waals surface area contributed by atoms with Gasteiger partial charge in [0.05, 0.1) is 6.61 Å². The summed E-state index contributed by atoms with van der Waals surface area (Å²) in [4.78, 5) is 24.5. The van der Waals surface area contributed by atoms with Crippen LogP contribution in [0.2, 0.25) is 0 Å². The maximum absolute atomic E-state index is 11.6. The summed E-state index contributed by atoms with van der Waals surface area (Å²) in [6, 6.07) is 1.10. The predicted molar refractivity (Wildman–Crippen MR) is 58.9 cm³/mol. The van der Waals surface area contributed by atoms with E-state index >= 15 is 0 Å². The van der Waals surface area contributed by atoms with E-state index in [0.29, 0.717) is 0 Å². The van der Waals surface area contributed by atoms with Gasteiger partial charge in [0, 0.05) is 12.3 Å². The third-order valence-corrected chi connectivity index (χ3v) is 3.07. The highest BCUT2D eigenvalue weighted by molar-refractivity contribution is 4.99. The minimum Gasteiger partial charge on any atom is -0.393 e. The fourth-order valence-corrected chi connectivity index (χ4v) is 1.91. The topological polar surface area (TPSA) is 125 Å². The third kappa shape index (κ3) is 1.89. The highest BCUT2D eigenvalue weighted by Gasteiger charge is 2.51. The SMILES string of the molecule is C[C@]1(CO)O[C@@H](n2ccc(=O)[nH]c2=O)[C@@H](O)[C@@H]1O. The molecule has 1 aromatic rings. The fraction of sp³-hybridized carbons (Fsp3) is 0.600. The van der Waals surface area contributed by atoms with Gasteiger partial charge in [-0.2, -0.15) is 0 Å². The van der Waals surface area contributed by atoms with Crippen molar-refractivity contribution in [3.05, 3.63) is 33.1 Å². The molecule has 1 aliphatic heterocycles. The van der Waals surface area contributed by atoms with Gasteiger partial charge in [0.2, 0.25) is 0 Å². The molecule has 1 aromatic heterocycles. The zero-order valence-electron chi connectivity index (χ0n) is 9.61. The zero-order chi connectivity index (χ0) is 13.5. The molecular weight excluding hydrogens is 244 g/mol. The minimum absolute atomic E-state index is 0.514. The van der Waals surface area contributed by atoms with E-state index < -0.39 is 41.9 Å². The second-order valence-corrected chi connectivity index (χ2v) is 4.43. The number of aromatic amines is 1. The summed E-state index contributed by atoms with van der Waals surface area (Å²) in [7, 11) is 0. The van der Waals surface area contributed by atoms with Crippen molar-refractivity contribution in [1.82, 2.24) is 9.55 Å². The van der Waals surface area contributed by atoms with Crippen LogP contribution in [0.3, 0.4) is 0 Å². The largest absolute Gasteiger partial charge is 0.393 e. The number of aliphatic hydroxyl groups excluding tert-OH is 3. The van der Waals surface area contributed by atoms with E-state index in [-0.39, 0.29) is 0 Å². The monoisotopic (exact) mass is 258 g/mol. The summed E-state index contributed by atoms with van der Waals surface area (Å²) in [5, 5.41) is 28.8. The van der Waals surface area contributed by atoms with E-state index in [2.05, 4.69) is 0 Å². The molecule has 8 heteroatoms. The Morgan fingerprint density at radius 3 is 2.67 bits per heavy atom. The molecule has 0 saturated carbocycles. The predicted octanol–water partition coefficient (Wildman–Crippen LogP) is -2.46. The van der Waals surface area contributed by atoms with E-state index in [4.69, 9.17) is 9.84 Å². The van der Waals surface area contributed by atoms with Crippen LogP contribution in [0.1, 0.15) is 13.2 Å². The molecule has 0 radical (unpaired) electrons. The molecule has 0 aliphatic carbocycles. The third-order valence-electron chi connectivity index (χ3n) is 3.07. The van der Waals surface area contributed by atoms with Gasteiger partial charge in [-0.1, -0.05) is 0 Å². The van der Waals surface area contributed by atoms with Crippen molar-refractivity contribution in [3.63, 3.8) is 0 Å². The first-order chi connectivity index (χ1) is 8.39. The van der Waals surface area contributed by atoms with Gasteiger partial charge in [-0.05, 0) is 6.92 Å². The first-order valence-electron chi connectivity index (χ1n) is 5.35.